The van der Waals surface area contributed by atoms with Crippen LogP contribution >= 0.6 is 11.6 Å². The topological polar surface area (TPSA) is 46.2 Å². The van der Waals surface area contributed by atoms with E-state index < -0.39 is 15.8 Å². The van der Waals surface area contributed by atoms with Crippen LogP contribution in [0.5, 0.6) is 0 Å². The summed E-state index contributed by atoms with van der Waals surface area (Å²) in [6.07, 6.45) is 1.13. The number of hydrogen-bond donors (Lipinski definition) is 1. The molecule has 0 aliphatic heterocycles. The van der Waals surface area contributed by atoms with Gasteiger partial charge in [-0.3, -0.25) is 0 Å². The molecule has 0 aliphatic rings. The van der Waals surface area contributed by atoms with Crippen LogP contribution in [-0.2, 0) is 10.0 Å². The number of alkyl halides is 1. The third kappa shape index (κ3) is 3.94. The van der Waals surface area contributed by atoms with E-state index in [1.54, 1.807) is 0 Å². The number of hydrogen-bond acceptors (Lipinski definition) is 2. The van der Waals surface area contributed by atoms with Gasteiger partial charge in [0.05, 0.1) is 0 Å². The molecule has 0 bridgehead atoms. The lowest BCUT2D eigenvalue weighted by atomic mass is 10.2. The lowest BCUT2D eigenvalue weighted by Gasteiger charge is -2.16. The Morgan fingerprint density at radius 2 is 2.06 bits per heavy atom. The highest BCUT2D eigenvalue weighted by molar-refractivity contribution is 7.89. The molecule has 0 spiro atoms. The van der Waals surface area contributed by atoms with E-state index in [0.29, 0.717) is 18.7 Å². The van der Waals surface area contributed by atoms with E-state index in [4.69, 9.17) is 11.6 Å². The molecule has 0 saturated heterocycles. The van der Waals surface area contributed by atoms with Crippen LogP contribution in [0.2, 0.25) is 0 Å². The Hall–Kier alpha value is -0.650. The average molecular weight is 280 g/mol. The van der Waals surface area contributed by atoms with Crippen molar-refractivity contribution in [1.29, 1.82) is 0 Å². The average Bonchev–Trinajstić information content (AvgIpc) is 2.28. The summed E-state index contributed by atoms with van der Waals surface area (Å²) in [6.45, 7) is 1.85. The third-order valence-corrected chi connectivity index (χ3v) is 4.17. The SMILES string of the molecule is CCC(CCCl)NS(=O)(=O)c1ccccc1F. The van der Waals surface area contributed by atoms with Gasteiger partial charge in [-0.15, -0.1) is 11.6 Å². The lowest BCUT2D eigenvalue weighted by molar-refractivity contribution is 0.521. The van der Waals surface area contributed by atoms with Gasteiger partial charge in [0, 0.05) is 11.9 Å². The van der Waals surface area contributed by atoms with E-state index >= 15 is 0 Å². The molecule has 96 valence electrons. The fourth-order valence-electron chi connectivity index (χ4n) is 1.42. The van der Waals surface area contributed by atoms with E-state index in [2.05, 4.69) is 4.72 Å². The van der Waals surface area contributed by atoms with E-state index in [1.807, 2.05) is 6.92 Å². The van der Waals surface area contributed by atoms with Crippen LogP contribution in [0.4, 0.5) is 4.39 Å². The Labute approximate surface area is 106 Å². The molecule has 0 radical (unpaired) electrons. The van der Waals surface area contributed by atoms with Crippen LogP contribution in [0, 0.1) is 5.82 Å². The molecule has 0 amide bonds. The second-order valence-electron chi connectivity index (χ2n) is 3.63. The summed E-state index contributed by atoms with van der Waals surface area (Å²) < 4.78 is 39.6. The largest absolute Gasteiger partial charge is 0.243 e. The molecular formula is C11H15ClFNO2S. The summed E-state index contributed by atoms with van der Waals surface area (Å²) in [5.74, 6) is -0.390. The quantitative estimate of drug-likeness (QED) is 0.814. The minimum absolute atomic E-state index is 0.267. The van der Waals surface area contributed by atoms with Gasteiger partial charge in [-0.1, -0.05) is 19.1 Å². The third-order valence-electron chi connectivity index (χ3n) is 2.40. The maximum absolute atomic E-state index is 13.4. The van der Waals surface area contributed by atoms with Crippen molar-refractivity contribution in [3.05, 3.63) is 30.1 Å². The second kappa shape index (κ2) is 6.33. The summed E-state index contributed by atoms with van der Waals surface area (Å²) in [6, 6.07) is 5.03. The number of nitrogens with one attached hydrogen (secondary N) is 1. The Kier molecular flexibility index (Phi) is 5.36. The molecule has 17 heavy (non-hydrogen) atoms. The molecule has 0 fully saturated rings. The molecular weight excluding hydrogens is 265 g/mol. The summed E-state index contributed by atoms with van der Waals surface area (Å²) in [4.78, 5) is -0.326. The monoisotopic (exact) mass is 279 g/mol. The zero-order valence-corrected chi connectivity index (χ0v) is 11.1. The Morgan fingerprint density at radius 1 is 1.41 bits per heavy atom. The van der Waals surface area contributed by atoms with E-state index in [9.17, 15) is 12.8 Å². The fourth-order valence-corrected chi connectivity index (χ4v) is 3.12. The van der Waals surface area contributed by atoms with Crippen molar-refractivity contribution < 1.29 is 12.8 Å². The van der Waals surface area contributed by atoms with Crippen LogP contribution in [-0.4, -0.2) is 20.3 Å². The van der Waals surface area contributed by atoms with E-state index in [1.165, 1.54) is 18.2 Å². The summed E-state index contributed by atoms with van der Waals surface area (Å²) >= 11 is 5.57. The minimum Gasteiger partial charge on any atom is -0.208 e. The lowest BCUT2D eigenvalue weighted by Crippen LogP contribution is -2.35. The van der Waals surface area contributed by atoms with Crippen molar-refractivity contribution in [3.8, 4) is 0 Å². The molecule has 1 rings (SSSR count). The standard InChI is InChI=1S/C11H15ClFNO2S/c1-2-9(7-8-12)14-17(15,16)11-6-4-3-5-10(11)13/h3-6,9,14H,2,7-8H2,1H3. The first-order valence-corrected chi connectivity index (χ1v) is 7.36. The van der Waals surface area contributed by atoms with Crippen LogP contribution in [0.25, 0.3) is 0 Å². The molecule has 1 unspecified atom stereocenters. The Morgan fingerprint density at radius 3 is 2.59 bits per heavy atom. The van der Waals surface area contributed by atoms with Gasteiger partial charge in [0.15, 0.2) is 0 Å². The van der Waals surface area contributed by atoms with Gasteiger partial charge in [-0.2, -0.15) is 0 Å². The van der Waals surface area contributed by atoms with Gasteiger partial charge in [-0.25, -0.2) is 17.5 Å². The normalized spacial score (nSPS) is 13.6. The summed E-state index contributed by atoms with van der Waals surface area (Å²) in [5, 5.41) is 0. The van der Waals surface area contributed by atoms with Crippen molar-refractivity contribution in [3.63, 3.8) is 0 Å². The first-order valence-electron chi connectivity index (χ1n) is 5.34. The summed E-state index contributed by atoms with van der Waals surface area (Å²) in [5.41, 5.74) is 0. The van der Waals surface area contributed by atoms with Gasteiger partial charge >= 0.3 is 0 Å². The summed E-state index contributed by atoms with van der Waals surface area (Å²) in [7, 11) is -3.81. The van der Waals surface area contributed by atoms with Gasteiger partial charge in [0.1, 0.15) is 10.7 Å². The van der Waals surface area contributed by atoms with Gasteiger partial charge in [0.2, 0.25) is 10.0 Å². The Bertz CT molecular complexity index is 464. The van der Waals surface area contributed by atoms with Gasteiger partial charge in [-0.05, 0) is 25.0 Å². The highest BCUT2D eigenvalue weighted by Crippen LogP contribution is 2.14. The van der Waals surface area contributed by atoms with Crippen molar-refractivity contribution in [1.82, 2.24) is 4.72 Å². The maximum atomic E-state index is 13.4. The number of benzene rings is 1. The smallest absolute Gasteiger partial charge is 0.208 e. The predicted molar refractivity (Wildman–Crippen MR) is 66.1 cm³/mol. The first-order chi connectivity index (χ1) is 8.01. The van der Waals surface area contributed by atoms with Crippen LogP contribution in [0.15, 0.2) is 29.2 Å². The molecule has 6 heteroatoms. The molecule has 0 saturated carbocycles. The van der Waals surface area contributed by atoms with Crippen molar-refractivity contribution in [2.75, 3.05) is 5.88 Å². The van der Waals surface area contributed by atoms with Crippen LogP contribution in [0.1, 0.15) is 19.8 Å². The molecule has 1 atom stereocenters. The predicted octanol–water partition coefficient (Wildman–Crippen LogP) is 2.51. The molecule has 1 N–H and O–H groups in total. The maximum Gasteiger partial charge on any atom is 0.243 e. The fraction of sp³-hybridized carbons (Fsp3) is 0.455. The molecule has 0 aromatic heterocycles. The van der Waals surface area contributed by atoms with Crippen molar-refractivity contribution in [2.45, 2.75) is 30.7 Å². The number of halogens is 2. The van der Waals surface area contributed by atoms with E-state index in [0.717, 1.165) is 6.07 Å². The second-order valence-corrected chi connectivity index (χ2v) is 5.69. The Balaban J connectivity index is 2.92. The molecule has 0 heterocycles. The van der Waals surface area contributed by atoms with Crippen LogP contribution < -0.4 is 4.72 Å². The highest BCUT2D eigenvalue weighted by Gasteiger charge is 2.21. The minimum atomic E-state index is -3.81. The van der Waals surface area contributed by atoms with E-state index in [-0.39, 0.29) is 10.9 Å². The molecule has 0 aliphatic carbocycles. The zero-order valence-electron chi connectivity index (χ0n) is 9.49. The zero-order chi connectivity index (χ0) is 12.9. The molecule has 3 nitrogen and oxygen atoms in total. The van der Waals surface area contributed by atoms with Gasteiger partial charge < -0.3 is 0 Å². The molecule has 1 aromatic carbocycles. The number of sulfonamides is 1. The molecule has 1 aromatic rings. The van der Waals surface area contributed by atoms with Crippen molar-refractivity contribution in [2.24, 2.45) is 0 Å². The van der Waals surface area contributed by atoms with Gasteiger partial charge in [0.25, 0.3) is 0 Å². The first kappa shape index (κ1) is 14.4. The number of rotatable bonds is 6. The van der Waals surface area contributed by atoms with Crippen molar-refractivity contribution >= 4 is 21.6 Å². The highest BCUT2D eigenvalue weighted by atomic mass is 35.5. The van der Waals surface area contributed by atoms with Crippen LogP contribution in [0.3, 0.4) is 0 Å².